The van der Waals surface area contributed by atoms with Crippen LogP contribution in [0.15, 0.2) is 29.6 Å². The van der Waals surface area contributed by atoms with E-state index in [4.69, 9.17) is 4.74 Å². The van der Waals surface area contributed by atoms with Crippen LogP contribution >= 0.6 is 11.3 Å². The quantitative estimate of drug-likeness (QED) is 0.880. The summed E-state index contributed by atoms with van der Waals surface area (Å²) in [6, 6.07) is 8.48. The van der Waals surface area contributed by atoms with Crippen LogP contribution in [0.2, 0.25) is 0 Å². The van der Waals surface area contributed by atoms with E-state index in [2.05, 4.69) is 35.0 Å². The maximum Gasteiger partial charge on any atom is 0.120 e. The summed E-state index contributed by atoms with van der Waals surface area (Å²) in [4.78, 5) is 0. The Labute approximate surface area is 99.2 Å². The van der Waals surface area contributed by atoms with E-state index in [1.165, 1.54) is 16.5 Å². The minimum absolute atomic E-state index is 0.680. The van der Waals surface area contributed by atoms with E-state index in [9.17, 15) is 0 Å². The lowest BCUT2D eigenvalue weighted by Crippen LogP contribution is -2.15. The first-order chi connectivity index (χ1) is 7.92. The van der Waals surface area contributed by atoms with Gasteiger partial charge in [0.25, 0.3) is 0 Å². The summed E-state index contributed by atoms with van der Waals surface area (Å²) in [7, 11) is 0. The lowest BCUT2D eigenvalue weighted by atomic mass is 10.1. The molecule has 1 unspecified atom stereocenters. The largest absolute Gasteiger partial charge is 0.493 e. The zero-order chi connectivity index (χ0) is 10.8. The molecule has 2 heterocycles. The highest BCUT2D eigenvalue weighted by atomic mass is 32.1. The molecular weight excluding hydrogens is 218 g/mol. The first-order valence-electron chi connectivity index (χ1n) is 5.72. The molecule has 1 aromatic heterocycles. The van der Waals surface area contributed by atoms with Crippen LogP contribution in [-0.2, 0) is 0 Å². The molecule has 3 heteroatoms. The molecule has 1 atom stereocenters. The maximum atomic E-state index is 5.83. The van der Waals surface area contributed by atoms with Crippen LogP contribution < -0.4 is 10.1 Å². The predicted octanol–water partition coefficient (Wildman–Crippen LogP) is 2.89. The molecule has 1 aromatic carbocycles. The van der Waals surface area contributed by atoms with Crippen molar-refractivity contribution in [2.75, 3.05) is 19.7 Å². The Hall–Kier alpha value is -1.06. The third-order valence-corrected chi connectivity index (χ3v) is 3.96. The fourth-order valence-corrected chi connectivity index (χ4v) is 2.91. The molecule has 1 aliphatic rings. The van der Waals surface area contributed by atoms with Crippen molar-refractivity contribution in [3.8, 4) is 5.75 Å². The predicted molar refractivity (Wildman–Crippen MR) is 68.3 cm³/mol. The standard InChI is InChI=1S/C13H15NOS/c1-2-12(7-13-11(1)4-6-16-13)15-9-10-3-5-14-8-10/h1-2,4,6-7,10,14H,3,5,8-9H2. The molecule has 1 fully saturated rings. The molecule has 2 aromatic rings. The Bertz CT molecular complexity index is 473. The highest BCUT2D eigenvalue weighted by molar-refractivity contribution is 7.17. The first kappa shape index (κ1) is 10.1. The summed E-state index contributed by atoms with van der Waals surface area (Å²) < 4.78 is 7.14. The van der Waals surface area contributed by atoms with Gasteiger partial charge in [0.05, 0.1) is 6.61 Å². The molecular formula is C13H15NOS. The highest BCUT2D eigenvalue weighted by Crippen LogP contribution is 2.25. The molecule has 1 aliphatic heterocycles. The Balaban J connectivity index is 1.68. The second-order valence-corrected chi connectivity index (χ2v) is 5.24. The number of benzene rings is 1. The third kappa shape index (κ3) is 2.06. The van der Waals surface area contributed by atoms with Crippen molar-refractivity contribution in [1.29, 1.82) is 0 Å². The molecule has 0 bridgehead atoms. The van der Waals surface area contributed by atoms with Crippen LogP contribution in [0, 0.1) is 5.92 Å². The number of fused-ring (bicyclic) bond motifs is 1. The van der Waals surface area contributed by atoms with Gasteiger partial charge in [0.2, 0.25) is 0 Å². The average Bonchev–Trinajstić information content (AvgIpc) is 2.97. The van der Waals surface area contributed by atoms with Gasteiger partial charge in [-0.1, -0.05) is 0 Å². The van der Waals surface area contributed by atoms with Gasteiger partial charge >= 0.3 is 0 Å². The molecule has 3 rings (SSSR count). The second-order valence-electron chi connectivity index (χ2n) is 4.29. The maximum absolute atomic E-state index is 5.83. The monoisotopic (exact) mass is 233 g/mol. The number of ether oxygens (including phenoxy) is 1. The molecule has 1 N–H and O–H groups in total. The first-order valence-corrected chi connectivity index (χ1v) is 6.60. The summed E-state index contributed by atoms with van der Waals surface area (Å²) in [5, 5.41) is 6.78. The Morgan fingerprint density at radius 3 is 3.25 bits per heavy atom. The van der Waals surface area contributed by atoms with Crippen LogP contribution in [-0.4, -0.2) is 19.7 Å². The van der Waals surface area contributed by atoms with Gasteiger partial charge in [0.1, 0.15) is 5.75 Å². The molecule has 84 valence electrons. The van der Waals surface area contributed by atoms with Crippen molar-refractivity contribution in [2.45, 2.75) is 6.42 Å². The van der Waals surface area contributed by atoms with E-state index in [1.807, 2.05) is 0 Å². The van der Waals surface area contributed by atoms with Crippen LogP contribution in [0.1, 0.15) is 6.42 Å². The highest BCUT2D eigenvalue weighted by Gasteiger charge is 2.14. The Kier molecular flexibility index (Phi) is 2.80. The van der Waals surface area contributed by atoms with Gasteiger partial charge < -0.3 is 10.1 Å². The molecule has 0 spiro atoms. The van der Waals surface area contributed by atoms with Crippen molar-refractivity contribution in [3.63, 3.8) is 0 Å². The Morgan fingerprint density at radius 2 is 2.38 bits per heavy atom. The van der Waals surface area contributed by atoms with Gasteiger partial charge in [0, 0.05) is 17.2 Å². The van der Waals surface area contributed by atoms with Crippen molar-refractivity contribution in [1.82, 2.24) is 5.32 Å². The summed E-state index contributed by atoms with van der Waals surface area (Å²) >= 11 is 1.77. The molecule has 1 saturated heterocycles. The second kappa shape index (κ2) is 4.44. The van der Waals surface area contributed by atoms with Crippen molar-refractivity contribution in [2.24, 2.45) is 5.92 Å². The summed E-state index contributed by atoms with van der Waals surface area (Å²) in [6.07, 6.45) is 1.24. The van der Waals surface area contributed by atoms with Gasteiger partial charge in [-0.2, -0.15) is 0 Å². The number of nitrogens with one attached hydrogen (secondary N) is 1. The summed E-state index contributed by atoms with van der Waals surface area (Å²) in [5.74, 6) is 1.68. The van der Waals surface area contributed by atoms with Gasteiger partial charge in [-0.25, -0.2) is 0 Å². The zero-order valence-corrected chi connectivity index (χ0v) is 9.93. The summed E-state index contributed by atoms with van der Waals surface area (Å²) in [5.41, 5.74) is 0. The SMILES string of the molecule is c1cc2ccc(OCC3CCNC3)cc2s1. The molecule has 0 aliphatic carbocycles. The number of hydrogen-bond donors (Lipinski definition) is 1. The van der Waals surface area contributed by atoms with Crippen LogP contribution in [0.3, 0.4) is 0 Å². The third-order valence-electron chi connectivity index (χ3n) is 3.08. The van der Waals surface area contributed by atoms with Crippen molar-refractivity contribution >= 4 is 21.4 Å². The van der Waals surface area contributed by atoms with Gasteiger partial charge in [-0.15, -0.1) is 11.3 Å². The normalized spacial score (nSPS) is 20.4. The van der Waals surface area contributed by atoms with Crippen LogP contribution in [0.5, 0.6) is 5.75 Å². The van der Waals surface area contributed by atoms with Crippen LogP contribution in [0.25, 0.3) is 10.1 Å². The number of thiophene rings is 1. The topological polar surface area (TPSA) is 21.3 Å². The van der Waals surface area contributed by atoms with E-state index >= 15 is 0 Å². The van der Waals surface area contributed by atoms with Crippen LogP contribution in [0.4, 0.5) is 0 Å². The number of hydrogen-bond acceptors (Lipinski definition) is 3. The zero-order valence-electron chi connectivity index (χ0n) is 9.11. The average molecular weight is 233 g/mol. The lowest BCUT2D eigenvalue weighted by molar-refractivity contribution is 0.260. The minimum atomic E-state index is 0.680. The minimum Gasteiger partial charge on any atom is -0.493 e. The van der Waals surface area contributed by atoms with Gasteiger partial charge in [0.15, 0.2) is 0 Å². The van der Waals surface area contributed by atoms with Crippen molar-refractivity contribution < 1.29 is 4.74 Å². The van der Waals surface area contributed by atoms with E-state index in [1.54, 1.807) is 11.3 Å². The molecule has 0 radical (unpaired) electrons. The molecule has 16 heavy (non-hydrogen) atoms. The number of rotatable bonds is 3. The van der Waals surface area contributed by atoms with E-state index < -0.39 is 0 Å². The van der Waals surface area contributed by atoms with Crippen molar-refractivity contribution in [3.05, 3.63) is 29.6 Å². The molecule has 0 saturated carbocycles. The molecule has 0 amide bonds. The van der Waals surface area contributed by atoms with Gasteiger partial charge in [-0.3, -0.25) is 0 Å². The van der Waals surface area contributed by atoms with E-state index in [0.29, 0.717) is 5.92 Å². The fourth-order valence-electron chi connectivity index (χ4n) is 2.10. The van der Waals surface area contributed by atoms with Gasteiger partial charge in [-0.05, 0) is 48.0 Å². The summed E-state index contributed by atoms with van der Waals surface area (Å²) in [6.45, 7) is 3.07. The lowest BCUT2D eigenvalue weighted by Gasteiger charge is -2.10. The molecule has 2 nitrogen and oxygen atoms in total. The smallest absolute Gasteiger partial charge is 0.120 e. The van der Waals surface area contributed by atoms with E-state index in [-0.39, 0.29) is 0 Å². The Morgan fingerprint density at radius 1 is 1.38 bits per heavy atom. The fraction of sp³-hybridized carbons (Fsp3) is 0.385. The van der Waals surface area contributed by atoms with E-state index in [0.717, 1.165) is 25.4 Å².